The van der Waals surface area contributed by atoms with Gasteiger partial charge in [0.25, 0.3) is 0 Å². The van der Waals surface area contributed by atoms with Crippen molar-refractivity contribution in [3.63, 3.8) is 0 Å². The molecule has 23 heavy (non-hydrogen) atoms. The molecule has 1 heterocycles. The summed E-state index contributed by atoms with van der Waals surface area (Å²) in [5.74, 6) is -0.437. The number of pyridine rings is 1. The summed E-state index contributed by atoms with van der Waals surface area (Å²) in [6.45, 7) is 1.79. The smallest absolute Gasteiger partial charge is 0.354 e. The van der Waals surface area contributed by atoms with Crippen LogP contribution in [-0.4, -0.2) is 25.2 Å². The molecule has 7 nitrogen and oxygen atoms in total. The van der Waals surface area contributed by atoms with E-state index in [9.17, 15) is 17.6 Å². The fraction of sp³-hybridized carbons (Fsp3) is 0.143. The van der Waals surface area contributed by atoms with Crippen molar-refractivity contribution >= 4 is 32.3 Å². The number of anilines is 3. The molecule has 1 aromatic carbocycles. The second kappa shape index (κ2) is 7.05. The molecular weight excluding hydrogens is 323 g/mol. The Kier molecular flexibility index (Phi) is 5.12. The molecule has 0 bridgehead atoms. The van der Waals surface area contributed by atoms with Gasteiger partial charge < -0.3 is 10.6 Å². The van der Waals surface area contributed by atoms with Gasteiger partial charge in [0.1, 0.15) is 5.82 Å². The molecule has 0 fully saturated rings. The van der Waals surface area contributed by atoms with Gasteiger partial charge in [-0.2, -0.15) is 8.42 Å². The molecular formula is C14H15FN4O3S. The first-order chi connectivity index (χ1) is 10.9. The first-order valence-electron chi connectivity index (χ1n) is 6.69. The van der Waals surface area contributed by atoms with Crippen molar-refractivity contribution < 1.29 is 17.6 Å². The number of nitrogens with one attached hydrogen (secondary N) is 3. The summed E-state index contributed by atoms with van der Waals surface area (Å²) in [6, 6.07) is 7.17. The Hall–Kier alpha value is -2.68. The molecule has 9 heteroatoms. The summed E-state index contributed by atoms with van der Waals surface area (Å²) < 4.78 is 39.2. The number of aromatic nitrogens is 1. The van der Waals surface area contributed by atoms with E-state index in [0.717, 1.165) is 0 Å². The summed E-state index contributed by atoms with van der Waals surface area (Å²) in [4.78, 5) is 15.4. The van der Waals surface area contributed by atoms with Crippen molar-refractivity contribution in [2.75, 3.05) is 16.6 Å². The van der Waals surface area contributed by atoms with E-state index in [4.69, 9.17) is 0 Å². The number of rotatable bonds is 5. The predicted molar refractivity (Wildman–Crippen MR) is 85.5 cm³/mol. The molecule has 2 rings (SSSR count). The van der Waals surface area contributed by atoms with Gasteiger partial charge in [-0.1, -0.05) is 6.07 Å². The van der Waals surface area contributed by atoms with Crippen molar-refractivity contribution in [2.24, 2.45) is 0 Å². The Morgan fingerprint density at radius 2 is 2.04 bits per heavy atom. The van der Waals surface area contributed by atoms with Gasteiger partial charge in [0.05, 0.1) is 17.6 Å². The first kappa shape index (κ1) is 16.7. The van der Waals surface area contributed by atoms with E-state index in [1.54, 1.807) is 13.0 Å². The van der Waals surface area contributed by atoms with Crippen LogP contribution < -0.4 is 15.4 Å². The van der Waals surface area contributed by atoms with Gasteiger partial charge in [-0.15, -0.1) is 0 Å². The summed E-state index contributed by atoms with van der Waals surface area (Å²) in [7, 11) is -4.25. The quantitative estimate of drug-likeness (QED) is 0.777. The average molecular weight is 338 g/mol. The summed E-state index contributed by atoms with van der Waals surface area (Å²) >= 11 is 0. The summed E-state index contributed by atoms with van der Waals surface area (Å²) in [5, 5.41) is 3.93. The van der Waals surface area contributed by atoms with E-state index in [-0.39, 0.29) is 12.2 Å². The molecule has 0 aliphatic carbocycles. The minimum absolute atomic E-state index is 0.0722. The van der Waals surface area contributed by atoms with Crippen molar-refractivity contribution in [1.29, 1.82) is 0 Å². The van der Waals surface area contributed by atoms with Crippen LogP contribution in [0.3, 0.4) is 0 Å². The fourth-order valence-corrected chi connectivity index (χ4v) is 2.62. The molecule has 0 unspecified atom stereocenters. The molecule has 0 spiro atoms. The lowest BCUT2D eigenvalue weighted by Gasteiger charge is -2.13. The molecule has 1 amide bonds. The average Bonchev–Trinajstić information content (AvgIpc) is 2.49. The van der Waals surface area contributed by atoms with Crippen molar-refractivity contribution in [3.05, 3.63) is 48.5 Å². The number of amides is 1. The lowest BCUT2D eigenvalue weighted by atomic mass is 10.3. The minimum atomic E-state index is -4.25. The molecule has 0 atom stereocenters. The number of benzene rings is 1. The summed E-state index contributed by atoms with van der Waals surface area (Å²) in [5.41, 5.74) is 0.830. The molecule has 0 saturated heterocycles. The number of halogens is 1. The third kappa shape index (κ3) is 4.39. The molecule has 0 saturated carbocycles. The third-order valence-corrected chi connectivity index (χ3v) is 3.86. The van der Waals surface area contributed by atoms with Gasteiger partial charge in [-0.3, -0.25) is 14.5 Å². The Morgan fingerprint density at radius 3 is 2.74 bits per heavy atom. The van der Waals surface area contributed by atoms with Gasteiger partial charge >= 0.3 is 15.3 Å². The fourth-order valence-electron chi connectivity index (χ4n) is 1.74. The Bertz CT molecular complexity index is 811. The zero-order valence-corrected chi connectivity index (χ0v) is 13.0. The van der Waals surface area contributed by atoms with E-state index in [2.05, 4.69) is 20.3 Å². The maximum absolute atomic E-state index is 13.2. The van der Waals surface area contributed by atoms with Crippen LogP contribution in [0.2, 0.25) is 0 Å². The van der Waals surface area contributed by atoms with Crippen LogP contribution in [0.1, 0.15) is 6.92 Å². The monoisotopic (exact) mass is 338 g/mol. The highest BCUT2D eigenvalue weighted by Crippen LogP contribution is 2.25. The number of carbonyl (C=O) groups is 1. The number of sulfonamides is 1. The number of hydrogen-bond donors (Lipinski definition) is 3. The molecule has 2 aromatic rings. The van der Waals surface area contributed by atoms with E-state index < -0.39 is 21.1 Å². The van der Waals surface area contributed by atoms with Gasteiger partial charge in [0, 0.05) is 18.4 Å². The maximum atomic E-state index is 13.2. The molecule has 1 aromatic heterocycles. The molecule has 0 aliphatic heterocycles. The van der Waals surface area contributed by atoms with Crippen LogP contribution in [0.25, 0.3) is 0 Å². The summed E-state index contributed by atoms with van der Waals surface area (Å²) in [6.07, 6.45) is 2.68. The van der Waals surface area contributed by atoms with E-state index in [0.29, 0.717) is 11.4 Å². The molecule has 0 radical (unpaired) electrons. The SMILES string of the molecule is CCNC(=O)S(=O)(=O)Nc1cnccc1Nc1cccc(F)c1. The van der Waals surface area contributed by atoms with Crippen molar-refractivity contribution in [2.45, 2.75) is 6.92 Å². The van der Waals surface area contributed by atoms with Gasteiger partial charge in [0.15, 0.2) is 0 Å². The van der Waals surface area contributed by atoms with Crippen LogP contribution in [0.5, 0.6) is 0 Å². The second-order valence-corrected chi connectivity index (χ2v) is 6.06. The van der Waals surface area contributed by atoms with Crippen molar-refractivity contribution in [3.8, 4) is 0 Å². The standard InChI is InChI=1S/C14H15FN4O3S/c1-2-17-14(20)23(21,22)19-13-9-16-7-6-12(13)18-11-5-3-4-10(15)8-11/h3-9,19H,2H2,1H3,(H,16,18)(H,17,20). The molecule has 3 N–H and O–H groups in total. The van der Waals surface area contributed by atoms with Crippen LogP contribution in [-0.2, 0) is 10.0 Å². The topological polar surface area (TPSA) is 100 Å². The highest BCUT2D eigenvalue weighted by atomic mass is 32.2. The van der Waals surface area contributed by atoms with Crippen molar-refractivity contribution in [1.82, 2.24) is 10.3 Å². The number of carbonyl (C=O) groups excluding carboxylic acids is 1. The van der Waals surface area contributed by atoms with Crippen LogP contribution >= 0.6 is 0 Å². The minimum Gasteiger partial charge on any atom is -0.354 e. The normalized spacial score (nSPS) is 10.9. The number of nitrogens with zero attached hydrogens (tertiary/aromatic N) is 1. The molecule has 0 aliphatic rings. The lowest BCUT2D eigenvalue weighted by molar-refractivity contribution is 0.259. The Balaban J connectivity index is 2.26. The highest BCUT2D eigenvalue weighted by molar-refractivity contribution is 8.07. The van der Waals surface area contributed by atoms with Gasteiger partial charge in [0.2, 0.25) is 0 Å². The second-order valence-electron chi connectivity index (χ2n) is 4.48. The number of hydrogen-bond acceptors (Lipinski definition) is 5. The lowest BCUT2D eigenvalue weighted by Crippen LogP contribution is -2.33. The largest absolute Gasteiger partial charge is 0.356 e. The predicted octanol–water partition coefficient (Wildman–Crippen LogP) is 2.44. The van der Waals surface area contributed by atoms with Crippen LogP contribution in [0.4, 0.5) is 26.2 Å². The third-order valence-electron chi connectivity index (χ3n) is 2.73. The van der Waals surface area contributed by atoms with Gasteiger partial charge in [-0.05, 0) is 31.2 Å². The van der Waals surface area contributed by atoms with E-state index in [1.807, 2.05) is 0 Å². The van der Waals surface area contributed by atoms with E-state index >= 15 is 0 Å². The maximum Gasteiger partial charge on any atom is 0.356 e. The molecule has 122 valence electrons. The Morgan fingerprint density at radius 1 is 1.26 bits per heavy atom. The first-order valence-corrected chi connectivity index (χ1v) is 8.18. The van der Waals surface area contributed by atoms with Gasteiger partial charge in [-0.25, -0.2) is 4.39 Å². The Labute approximate surface area is 133 Å². The van der Waals surface area contributed by atoms with E-state index in [1.165, 1.54) is 36.7 Å². The van der Waals surface area contributed by atoms with Crippen LogP contribution in [0.15, 0.2) is 42.7 Å². The zero-order chi connectivity index (χ0) is 16.9. The highest BCUT2D eigenvalue weighted by Gasteiger charge is 2.22. The zero-order valence-electron chi connectivity index (χ0n) is 12.2. The van der Waals surface area contributed by atoms with Crippen LogP contribution in [0, 0.1) is 5.82 Å².